The van der Waals surface area contributed by atoms with Gasteiger partial charge in [-0.1, -0.05) is 0 Å². The predicted molar refractivity (Wildman–Crippen MR) is 102 cm³/mol. The van der Waals surface area contributed by atoms with Gasteiger partial charge in [-0.3, -0.25) is 0 Å². The summed E-state index contributed by atoms with van der Waals surface area (Å²) in [6.07, 6.45) is -2.83. The number of piperidine rings is 1. The number of nitrogens with one attached hydrogen (secondary N) is 1. The van der Waals surface area contributed by atoms with Crippen molar-refractivity contribution >= 4 is 23.1 Å². The molecule has 1 N–H and O–H groups in total. The van der Waals surface area contributed by atoms with Crippen LogP contribution in [-0.4, -0.2) is 34.2 Å². The van der Waals surface area contributed by atoms with Gasteiger partial charge in [0.25, 0.3) is 0 Å². The highest BCUT2D eigenvalue weighted by Gasteiger charge is 2.31. The van der Waals surface area contributed by atoms with Gasteiger partial charge in [-0.05, 0) is 48.6 Å². The second kappa shape index (κ2) is 7.86. The maximum Gasteiger partial charge on any atom is 0.416 e. The Kier molecular flexibility index (Phi) is 5.27. The molecule has 1 unspecified atom stereocenters. The zero-order chi connectivity index (χ0) is 20.4. The van der Waals surface area contributed by atoms with Gasteiger partial charge in [0.1, 0.15) is 0 Å². The third-order valence-corrected chi connectivity index (χ3v) is 5.41. The fourth-order valence-electron chi connectivity index (χ4n) is 3.21. The lowest BCUT2D eigenvalue weighted by Gasteiger charge is -2.31. The van der Waals surface area contributed by atoms with E-state index >= 15 is 0 Å². The Bertz CT molecular complexity index is 970. The van der Waals surface area contributed by atoms with Crippen LogP contribution in [0.3, 0.4) is 0 Å². The molecule has 2 amide bonds. The van der Waals surface area contributed by atoms with Crippen molar-refractivity contribution in [3.8, 4) is 11.5 Å². The molecule has 1 saturated heterocycles. The van der Waals surface area contributed by atoms with Crippen LogP contribution in [0.2, 0.25) is 0 Å². The fourth-order valence-corrected chi connectivity index (χ4v) is 3.84. The Morgan fingerprint density at radius 1 is 1.21 bits per heavy atom. The number of urea groups is 1. The van der Waals surface area contributed by atoms with Crippen molar-refractivity contribution in [2.75, 3.05) is 18.4 Å². The van der Waals surface area contributed by atoms with Gasteiger partial charge in [0.2, 0.25) is 11.8 Å². The molecule has 0 spiro atoms. The van der Waals surface area contributed by atoms with E-state index in [1.807, 2.05) is 16.8 Å². The van der Waals surface area contributed by atoms with Crippen molar-refractivity contribution in [1.82, 2.24) is 15.1 Å². The average Bonchev–Trinajstić information content (AvgIpc) is 3.39. The second-order valence-electron chi connectivity index (χ2n) is 6.75. The normalized spacial score (nSPS) is 17.3. The number of rotatable bonds is 3. The number of aromatic nitrogens is 2. The molecule has 6 nitrogen and oxygen atoms in total. The molecule has 1 atom stereocenters. The van der Waals surface area contributed by atoms with Gasteiger partial charge in [0.15, 0.2) is 0 Å². The number of alkyl halides is 3. The van der Waals surface area contributed by atoms with Crippen molar-refractivity contribution in [2.24, 2.45) is 0 Å². The Balaban J connectivity index is 1.40. The maximum absolute atomic E-state index is 12.7. The number of carbonyl (C=O) groups excluding carboxylic acids is 1. The number of hydrogen-bond acceptors (Lipinski definition) is 5. The largest absolute Gasteiger partial charge is 0.420 e. The molecular weight excluding hydrogens is 405 g/mol. The molecule has 0 radical (unpaired) electrons. The summed E-state index contributed by atoms with van der Waals surface area (Å²) in [5.41, 5.74) is 0.412. The molecule has 152 valence electrons. The van der Waals surface area contributed by atoms with Gasteiger partial charge in [0.05, 0.1) is 11.5 Å². The number of thiophene rings is 1. The number of hydrogen-bond donors (Lipinski definition) is 1. The van der Waals surface area contributed by atoms with Gasteiger partial charge in [-0.15, -0.1) is 10.2 Å². The quantitative estimate of drug-likeness (QED) is 0.628. The minimum atomic E-state index is -4.41. The third kappa shape index (κ3) is 4.42. The second-order valence-corrected chi connectivity index (χ2v) is 7.53. The minimum absolute atomic E-state index is 0.0815. The molecule has 3 aromatic rings. The minimum Gasteiger partial charge on any atom is -0.420 e. The summed E-state index contributed by atoms with van der Waals surface area (Å²) >= 11 is 1.54. The van der Waals surface area contributed by atoms with Gasteiger partial charge in [-0.25, -0.2) is 4.79 Å². The summed E-state index contributed by atoms with van der Waals surface area (Å²) in [6.45, 7) is 0.951. The van der Waals surface area contributed by atoms with Crippen LogP contribution in [0, 0.1) is 0 Å². The number of halogens is 3. The highest BCUT2D eigenvalue weighted by atomic mass is 32.1. The van der Waals surface area contributed by atoms with E-state index in [2.05, 4.69) is 15.5 Å². The molecule has 1 aliphatic heterocycles. The van der Waals surface area contributed by atoms with Crippen molar-refractivity contribution in [3.63, 3.8) is 0 Å². The van der Waals surface area contributed by atoms with E-state index in [1.54, 1.807) is 4.90 Å². The third-order valence-electron chi connectivity index (χ3n) is 4.73. The van der Waals surface area contributed by atoms with Gasteiger partial charge < -0.3 is 14.6 Å². The number of carbonyl (C=O) groups is 1. The van der Waals surface area contributed by atoms with E-state index in [0.29, 0.717) is 30.6 Å². The van der Waals surface area contributed by atoms with Crippen molar-refractivity contribution in [1.29, 1.82) is 0 Å². The number of nitrogens with zero attached hydrogens (tertiary/aromatic N) is 3. The van der Waals surface area contributed by atoms with Gasteiger partial charge in [0, 0.05) is 29.7 Å². The number of amides is 2. The monoisotopic (exact) mass is 422 g/mol. The zero-order valence-corrected chi connectivity index (χ0v) is 16.0. The topological polar surface area (TPSA) is 71.3 Å². The van der Waals surface area contributed by atoms with E-state index in [9.17, 15) is 18.0 Å². The molecule has 1 aliphatic rings. The summed E-state index contributed by atoms with van der Waals surface area (Å²) < 4.78 is 43.7. The fraction of sp³-hybridized carbons (Fsp3) is 0.316. The molecule has 3 heterocycles. The van der Waals surface area contributed by atoms with E-state index in [4.69, 9.17) is 4.42 Å². The first-order valence-corrected chi connectivity index (χ1v) is 9.93. The van der Waals surface area contributed by atoms with Crippen LogP contribution in [0.15, 0.2) is 45.5 Å². The number of benzene rings is 1. The molecule has 29 heavy (non-hydrogen) atoms. The molecule has 1 fully saturated rings. The Labute approximate surface area is 168 Å². The average molecular weight is 422 g/mol. The molecule has 10 heteroatoms. The van der Waals surface area contributed by atoms with Crippen LogP contribution in [-0.2, 0) is 6.18 Å². The summed E-state index contributed by atoms with van der Waals surface area (Å²) in [6, 6.07) is 5.90. The predicted octanol–water partition coefficient (Wildman–Crippen LogP) is 5.23. The maximum atomic E-state index is 12.7. The first-order valence-electron chi connectivity index (χ1n) is 8.99. The molecule has 0 saturated carbocycles. The van der Waals surface area contributed by atoms with E-state index in [-0.39, 0.29) is 11.9 Å². The van der Waals surface area contributed by atoms with Crippen LogP contribution in [0.1, 0.15) is 30.2 Å². The molecule has 4 rings (SSSR count). The van der Waals surface area contributed by atoms with Crippen LogP contribution in [0.5, 0.6) is 0 Å². The molecule has 0 aliphatic carbocycles. The summed E-state index contributed by atoms with van der Waals surface area (Å²) in [5, 5.41) is 14.7. The summed E-state index contributed by atoms with van der Waals surface area (Å²) in [7, 11) is 0. The van der Waals surface area contributed by atoms with Gasteiger partial charge >= 0.3 is 12.2 Å². The summed E-state index contributed by atoms with van der Waals surface area (Å²) in [4.78, 5) is 14.2. The lowest BCUT2D eigenvalue weighted by Crippen LogP contribution is -2.41. The lowest BCUT2D eigenvalue weighted by molar-refractivity contribution is -0.137. The lowest BCUT2D eigenvalue weighted by atomic mass is 9.98. The summed E-state index contributed by atoms with van der Waals surface area (Å²) in [5.74, 6) is 0.854. The standard InChI is InChI=1S/C19H17F3N4O2S/c20-19(21,22)14-3-5-15(6-4-14)23-18(27)26-8-1-2-12(10-26)16-24-25-17(28-16)13-7-9-29-11-13/h3-7,9,11-12H,1-2,8,10H2,(H,23,27). The number of likely N-dealkylation sites (tertiary alicyclic amines) is 1. The van der Waals surface area contributed by atoms with Gasteiger partial charge in [-0.2, -0.15) is 24.5 Å². The van der Waals surface area contributed by atoms with Crippen molar-refractivity contribution in [2.45, 2.75) is 24.9 Å². The number of anilines is 1. The first kappa shape index (κ1) is 19.4. The highest BCUT2D eigenvalue weighted by molar-refractivity contribution is 7.08. The van der Waals surface area contributed by atoms with Crippen LogP contribution >= 0.6 is 11.3 Å². The van der Waals surface area contributed by atoms with E-state index in [0.717, 1.165) is 30.5 Å². The van der Waals surface area contributed by atoms with E-state index < -0.39 is 11.7 Å². The molecule has 1 aromatic carbocycles. The van der Waals surface area contributed by atoms with Crippen molar-refractivity contribution in [3.05, 3.63) is 52.5 Å². The van der Waals surface area contributed by atoms with Crippen LogP contribution in [0.4, 0.5) is 23.7 Å². The zero-order valence-electron chi connectivity index (χ0n) is 15.1. The van der Waals surface area contributed by atoms with Crippen LogP contribution in [0.25, 0.3) is 11.5 Å². The molecular formula is C19H17F3N4O2S. The Hall–Kier alpha value is -2.88. The first-order chi connectivity index (χ1) is 13.9. The molecule has 2 aromatic heterocycles. The van der Waals surface area contributed by atoms with Crippen LogP contribution < -0.4 is 5.32 Å². The Morgan fingerprint density at radius 3 is 2.69 bits per heavy atom. The Morgan fingerprint density at radius 2 is 2.00 bits per heavy atom. The molecule has 0 bridgehead atoms. The highest BCUT2D eigenvalue weighted by Crippen LogP contribution is 2.31. The smallest absolute Gasteiger partial charge is 0.416 e. The van der Waals surface area contributed by atoms with Crippen molar-refractivity contribution < 1.29 is 22.4 Å². The SMILES string of the molecule is O=C(Nc1ccc(C(F)(F)F)cc1)N1CCCC(c2nnc(-c3ccsc3)o2)C1. The van der Waals surface area contributed by atoms with E-state index in [1.165, 1.54) is 23.5 Å².